The summed E-state index contributed by atoms with van der Waals surface area (Å²) in [7, 11) is -3.44. The maximum absolute atomic E-state index is 12.4. The van der Waals surface area contributed by atoms with Crippen molar-refractivity contribution in [1.82, 2.24) is 4.98 Å². The predicted molar refractivity (Wildman–Crippen MR) is 110 cm³/mol. The zero-order valence-electron chi connectivity index (χ0n) is 15.5. The van der Waals surface area contributed by atoms with E-state index in [0.29, 0.717) is 5.69 Å². The number of rotatable bonds is 6. The number of carbonyl (C=O) groups excluding carboxylic acids is 1. The third kappa shape index (κ3) is 4.58. The highest BCUT2D eigenvalue weighted by Crippen LogP contribution is 2.28. The van der Waals surface area contributed by atoms with Crippen LogP contribution >= 0.6 is 11.3 Å². The highest BCUT2D eigenvalue weighted by molar-refractivity contribution is 7.91. The number of aromatic nitrogens is 1. The minimum absolute atomic E-state index is 0.0203. The van der Waals surface area contributed by atoms with Gasteiger partial charge in [0.05, 0.1) is 28.5 Å². The maximum Gasteiger partial charge on any atom is 0.230 e. The van der Waals surface area contributed by atoms with Crippen LogP contribution in [0, 0.1) is 6.92 Å². The van der Waals surface area contributed by atoms with Crippen LogP contribution in [0.15, 0.2) is 52.7 Å². The molecule has 0 radical (unpaired) electrons. The molecule has 0 aliphatic carbocycles. The molecule has 1 aromatic heterocycles. The molecule has 0 aliphatic heterocycles. The lowest BCUT2D eigenvalue weighted by Crippen LogP contribution is -2.15. The molecular weight excluding hydrogens is 396 g/mol. The first-order valence-corrected chi connectivity index (χ1v) is 11.2. The molecular formula is C20H20N2O4S2. The third-order valence-corrected chi connectivity index (χ3v) is 6.81. The van der Waals surface area contributed by atoms with Gasteiger partial charge in [0.15, 0.2) is 9.84 Å². The predicted octanol–water partition coefficient (Wildman–Crippen LogP) is 3.80. The number of phenols is 1. The van der Waals surface area contributed by atoms with Gasteiger partial charge in [0.25, 0.3) is 0 Å². The van der Waals surface area contributed by atoms with E-state index in [1.807, 2.05) is 36.6 Å². The molecule has 146 valence electrons. The monoisotopic (exact) mass is 416 g/mol. The van der Waals surface area contributed by atoms with Crippen molar-refractivity contribution in [3.63, 3.8) is 0 Å². The summed E-state index contributed by atoms with van der Waals surface area (Å²) in [5.74, 6) is -0.643. The first-order valence-electron chi connectivity index (χ1n) is 8.65. The van der Waals surface area contributed by atoms with Gasteiger partial charge in [0.1, 0.15) is 10.8 Å². The van der Waals surface area contributed by atoms with Crippen LogP contribution < -0.4 is 5.32 Å². The van der Waals surface area contributed by atoms with Gasteiger partial charge in [-0.2, -0.15) is 0 Å². The molecule has 2 aromatic carbocycles. The van der Waals surface area contributed by atoms with Gasteiger partial charge in [-0.3, -0.25) is 4.79 Å². The van der Waals surface area contributed by atoms with Crippen LogP contribution in [-0.4, -0.2) is 30.2 Å². The normalized spacial score (nSPS) is 11.4. The van der Waals surface area contributed by atoms with Gasteiger partial charge in [0.2, 0.25) is 5.91 Å². The van der Waals surface area contributed by atoms with Gasteiger partial charge in [0, 0.05) is 10.9 Å². The molecule has 6 nitrogen and oxygen atoms in total. The number of nitrogens with zero attached hydrogens (tertiary/aromatic N) is 1. The van der Waals surface area contributed by atoms with Crippen LogP contribution in [0.3, 0.4) is 0 Å². The first kappa shape index (κ1) is 20.0. The minimum atomic E-state index is -3.44. The number of nitrogens with one attached hydrogen (secondary N) is 1. The molecule has 0 aliphatic rings. The number of sulfone groups is 1. The van der Waals surface area contributed by atoms with E-state index in [-0.39, 0.29) is 34.4 Å². The highest BCUT2D eigenvalue weighted by atomic mass is 32.2. The van der Waals surface area contributed by atoms with Crippen LogP contribution in [0.25, 0.3) is 10.6 Å². The minimum Gasteiger partial charge on any atom is -0.506 e. The Balaban J connectivity index is 1.74. The standard InChI is InChI=1S/C20H20N2O4S2/c1-3-28(25,26)16-7-8-18(23)17(11-16)22-19(24)10-15-12-27-20(21-15)14-6-4-5-13(2)9-14/h4-9,11-12,23H,3,10H2,1-2H3,(H,22,24). The number of benzene rings is 2. The van der Waals surface area contributed by atoms with Crippen LogP contribution in [-0.2, 0) is 21.1 Å². The van der Waals surface area contributed by atoms with Crippen molar-refractivity contribution in [1.29, 1.82) is 0 Å². The summed E-state index contributed by atoms with van der Waals surface area (Å²) in [6, 6.07) is 11.8. The molecule has 0 saturated carbocycles. The topological polar surface area (TPSA) is 96.4 Å². The Morgan fingerprint density at radius 3 is 2.71 bits per heavy atom. The van der Waals surface area contributed by atoms with Crippen molar-refractivity contribution < 1.29 is 18.3 Å². The summed E-state index contributed by atoms with van der Waals surface area (Å²) >= 11 is 1.45. The third-order valence-electron chi connectivity index (χ3n) is 4.14. The fourth-order valence-electron chi connectivity index (χ4n) is 2.63. The lowest BCUT2D eigenvalue weighted by molar-refractivity contribution is -0.115. The fraction of sp³-hybridized carbons (Fsp3) is 0.200. The van der Waals surface area contributed by atoms with Gasteiger partial charge >= 0.3 is 0 Å². The number of anilines is 1. The van der Waals surface area contributed by atoms with Gasteiger partial charge < -0.3 is 10.4 Å². The van der Waals surface area contributed by atoms with Crippen LogP contribution in [0.5, 0.6) is 5.75 Å². The van der Waals surface area contributed by atoms with E-state index >= 15 is 0 Å². The Morgan fingerprint density at radius 2 is 2.00 bits per heavy atom. The summed E-state index contributed by atoms with van der Waals surface area (Å²) in [6.45, 7) is 3.54. The second kappa shape index (κ2) is 8.12. The van der Waals surface area contributed by atoms with Gasteiger partial charge in [-0.15, -0.1) is 11.3 Å². The van der Waals surface area contributed by atoms with Gasteiger partial charge in [-0.1, -0.05) is 30.7 Å². The van der Waals surface area contributed by atoms with Gasteiger partial charge in [-0.05, 0) is 31.2 Å². The van der Waals surface area contributed by atoms with E-state index in [1.165, 1.54) is 36.5 Å². The van der Waals surface area contributed by atoms with E-state index < -0.39 is 9.84 Å². The number of thiazole rings is 1. The van der Waals surface area contributed by atoms with E-state index in [2.05, 4.69) is 10.3 Å². The Bertz CT molecular complexity index is 1120. The molecule has 3 aromatic rings. The molecule has 0 spiro atoms. The first-order chi connectivity index (χ1) is 13.3. The second-order valence-corrected chi connectivity index (χ2v) is 9.46. The van der Waals surface area contributed by atoms with Crippen molar-refractivity contribution in [3.8, 4) is 16.3 Å². The lowest BCUT2D eigenvalue weighted by Gasteiger charge is -2.09. The molecule has 8 heteroatoms. The smallest absolute Gasteiger partial charge is 0.230 e. The molecule has 1 heterocycles. The number of phenolic OH excluding ortho intramolecular Hbond substituents is 1. The number of hydrogen-bond donors (Lipinski definition) is 2. The number of aromatic hydroxyl groups is 1. The molecule has 28 heavy (non-hydrogen) atoms. The highest BCUT2D eigenvalue weighted by Gasteiger charge is 2.16. The van der Waals surface area contributed by atoms with Crippen molar-refractivity contribution in [2.45, 2.75) is 25.2 Å². The van der Waals surface area contributed by atoms with Crippen LogP contribution in [0.2, 0.25) is 0 Å². The van der Waals surface area contributed by atoms with Crippen molar-refractivity contribution in [2.24, 2.45) is 0 Å². The van der Waals surface area contributed by atoms with Crippen molar-refractivity contribution >= 4 is 32.8 Å². The Hall–Kier alpha value is -2.71. The van der Waals surface area contributed by atoms with Crippen LogP contribution in [0.1, 0.15) is 18.2 Å². The van der Waals surface area contributed by atoms with Gasteiger partial charge in [-0.25, -0.2) is 13.4 Å². The summed E-state index contributed by atoms with van der Waals surface area (Å²) in [5, 5.41) is 15.1. The maximum atomic E-state index is 12.4. The van der Waals surface area contributed by atoms with E-state index in [9.17, 15) is 18.3 Å². The number of amides is 1. The van der Waals surface area contributed by atoms with Crippen LogP contribution in [0.4, 0.5) is 5.69 Å². The largest absolute Gasteiger partial charge is 0.506 e. The number of hydrogen-bond acceptors (Lipinski definition) is 6. The molecule has 3 rings (SSSR count). The average Bonchev–Trinajstić information content (AvgIpc) is 3.11. The zero-order chi connectivity index (χ0) is 20.3. The fourth-order valence-corrected chi connectivity index (χ4v) is 4.36. The quantitative estimate of drug-likeness (QED) is 0.596. The molecule has 0 bridgehead atoms. The Morgan fingerprint density at radius 1 is 1.21 bits per heavy atom. The van der Waals surface area contributed by atoms with Crippen molar-refractivity contribution in [3.05, 3.63) is 59.1 Å². The summed E-state index contributed by atoms with van der Waals surface area (Å²) in [4.78, 5) is 16.9. The lowest BCUT2D eigenvalue weighted by atomic mass is 10.1. The molecule has 0 atom stereocenters. The van der Waals surface area contributed by atoms with E-state index in [0.717, 1.165) is 16.1 Å². The van der Waals surface area contributed by atoms with E-state index in [1.54, 1.807) is 0 Å². The number of aryl methyl sites for hydroxylation is 1. The molecule has 0 fully saturated rings. The molecule has 2 N–H and O–H groups in total. The molecule has 0 unspecified atom stereocenters. The Kier molecular flexibility index (Phi) is 5.81. The number of carbonyl (C=O) groups is 1. The van der Waals surface area contributed by atoms with E-state index in [4.69, 9.17) is 0 Å². The second-order valence-electron chi connectivity index (χ2n) is 6.32. The zero-order valence-corrected chi connectivity index (χ0v) is 17.1. The SMILES string of the molecule is CCS(=O)(=O)c1ccc(O)c(NC(=O)Cc2csc(-c3cccc(C)c3)n2)c1. The average molecular weight is 417 g/mol. The molecule has 0 saturated heterocycles. The molecule has 1 amide bonds. The summed E-state index contributed by atoms with van der Waals surface area (Å²) < 4.78 is 24.0. The summed E-state index contributed by atoms with van der Waals surface area (Å²) in [6.07, 6.45) is 0.0203. The summed E-state index contributed by atoms with van der Waals surface area (Å²) in [5.41, 5.74) is 2.79. The Labute approximate surface area is 167 Å². The van der Waals surface area contributed by atoms with Crippen molar-refractivity contribution in [2.75, 3.05) is 11.1 Å².